The van der Waals surface area contributed by atoms with Gasteiger partial charge >= 0.3 is 5.97 Å². The summed E-state index contributed by atoms with van der Waals surface area (Å²) < 4.78 is 0. The van der Waals surface area contributed by atoms with Crippen LogP contribution in [0.4, 0.5) is 5.95 Å². The van der Waals surface area contributed by atoms with E-state index in [0.717, 1.165) is 18.5 Å². The fraction of sp³-hybridized carbons (Fsp3) is 0.545. The highest BCUT2D eigenvalue weighted by molar-refractivity contribution is 5.70. The SMILES string of the molecule is Cc1ccnc(N[C@H]2CC[C@@H](C(=O)O)C2)n1. The van der Waals surface area contributed by atoms with Crippen LogP contribution < -0.4 is 5.32 Å². The summed E-state index contributed by atoms with van der Waals surface area (Å²) in [7, 11) is 0. The lowest BCUT2D eigenvalue weighted by molar-refractivity contribution is -0.141. The Bertz CT molecular complexity index is 395. The molecule has 0 amide bonds. The molecular formula is C11H15N3O2. The highest BCUT2D eigenvalue weighted by atomic mass is 16.4. The van der Waals surface area contributed by atoms with Gasteiger partial charge in [-0.2, -0.15) is 0 Å². The van der Waals surface area contributed by atoms with Gasteiger partial charge in [-0.15, -0.1) is 0 Å². The molecule has 0 radical (unpaired) electrons. The average molecular weight is 221 g/mol. The Kier molecular flexibility index (Phi) is 3.03. The van der Waals surface area contributed by atoms with Crippen molar-refractivity contribution in [3.05, 3.63) is 18.0 Å². The van der Waals surface area contributed by atoms with Gasteiger partial charge in [-0.3, -0.25) is 4.79 Å². The van der Waals surface area contributed by atoms with Gasteiger partial charge in [0.15, 0.2) is 0 Å². The Hall–Kier alpha value is -1.65. The summed E-state index contributed by atoms with van der Waals surface area (Å²) in [5.41, 5.74) is 0.908. The van der Waals surface area contributed by atoms with E-state index < -0.39 is 5.97 Å². The lowest BCUT2D eigenvalue weighted by Gasteiger charge is -2.12. The van der Waals surface area contributed by atoms with Crippen LogP contribution in [-0.4, -0.2) is 27.1 Å². The fourth-order valence-corrected chi connectivity index (χ4v) is 2.04. The number of anilines is 1. The molecule has 2 N–H and O–H groups in total. The van der Waals surface area contributed by atoms with Gasteiger partial charge < -0.3 is 10.4 Å². The second-order valence-electron chi connectivity index (χ2n) is 4.21. The summed E-state index contributed by atoms with van der Waals surface area (Å²) in [5, 5.41) is 12.1. The summed E-state index contributed by atoms with van der Waals surface area (Å²) in [6, 6.07) is 2.02. The minimum atomic E-state index is -0.700. The molecule has 1 saturated carbocycles. The molecule has 5 nitrogen and oxygen atoms in total. The summed E-state index contributed by atoms with van der Waals surface area (Å²) in [6.45, 7) is 1.90. The van der Waals surface area contributed by atoms with Crippen LogP contribution in [0.1, 0.15) is 25.0 Å². The summed E-state index contributed by atoms with van der Waals surface area (Å²) in [6.07, 6.45) is 3.97. The van der Waals surface area contributed by atoms with Crippen molar-refractivity contribution < 1.29 is 9.90 Å². The number of hydrogen-bond acceptors (Lipinski definition) is 4. The Labute approximate surface area is 93.9 Å². The smallest absolute Gasteiger partial charge is 0.306 e. The minimum absolute atomic E-state index is 0.183. The number of carboxylic acids is 1. The highest BCUT2D eigenvalue weighted by Gasteiger charge is 2.29. The molecule has 2 atom stereocenters. The average Bonchev–Trinajstić information content (AvgIpc) is 2.66. The van der Waals surface area contributed by atoms with E-state index in [1.807, 2.05) is 13.0 Å². The quantitative estimate of drug-likeness (QED) is 0.808. The maximum Gasteiger partial charge on any atom is 0.306 e. The third-order valence-electron chi connectivity index (χ3n) is 2.91. The van der Waals surface area contributed by atoms with Gasteiger partial charge in [-0.25, -0.2) is 9.97 Å². The standard InChI is InChI=1S/C11H15N3O2/c1-7-4-5-12-11(13-7)14-9-3-2-8(6-9)10(15)16/h4-5,8-9H,2-3,6H2,1H3,(H,15,16)(H,12,13,14)/t8-,9+/m1/s1. The number of carboxylic acid groups (broad SMARTS) is 1. The van der Waals surface area contributed by atoms with E-state index in [0.29, 0.717) is 12.4 Å². The van der Waals surface area contributed by atoms with Gasteiger partial charge in [0.1, 0.15) is 0 Å². The first-order valence-electron chi connectivity index (χ1n) is 5.44. The minimum Gasteiger partial charge on any atom is -0.481 e. The third-order valence-corrected chi connectivity index (χ3v) is 2.91. The molecule has 0 unspecified atom stereocenters. The van der Waals surface area contributed by atoms with E-state index in [1.165, 1.54) is 0 Å². The van der Waals surface area contributed by atoms with Crippen molar-refractivity contribution in [3.63, 3.8) is 0 Å². The first kappa shape index (κ1) is 10.9. The molecular weight excluding hydrogens is 206 g/mol. The molecule has 0 aliphatic heterocycles. The van der Waals surface area contributed by atoms with E-state index in [-0.39, 0.29) is 12.0 Å². The van der Waals surface area contributed by atoms with E-state index >= 15 is 0 Å². The van der Waals surface area contributed by atoms with Gasteiger partial charge in [0.25, 0.3) is 0 Å². The summed E-state index contributed by atoms with van der Waals surface area (Å²) in [5.74, 6) is -0.326. The lowest BCUT2D eigenvalue weighted by atomic mass is 10.1. The second kappa shape index (κ2) is 4.47. The van der Waals surface area contributed by atoms with Gasteiger partial charge in [0, 0.05) is 17.9 Å². The van der Waals surface area contributed by atoms with Gasteiger partial charge in [-0.1, -0.05) is 0 Å². The predicted molar refractivity (Wildman–Crippen MR) is 59.2 cm³/mol. The van der Waals surface area contributed by atoms with E-state index in [2.05, 4.69) is 15.3 Å². The van der Waals surface area contributed by atoms with Crippen LogP contribution in [0.3, 0.4) is 0 Å². The van der Waals surface area contributed by atoms with Crippen LogP contribution in [0, 0.1) is 12.8 Å². The molecule has 0 bridgehead atoms. The van der Waals surface area contributed by atoms with E-state index in [9.17, 15) is 4.79 Å². The zero-order valence-corrected chi connectivity index (χ0v) is 9.18. The maximum absolute atomic E-state index is 10.8. The third kappa shape index (κ3) is 2.48. The Morgan fingerprint density at radius 3 is 3.00 bits per heavy atom. The van der Waals surface area contributed by atoms with Crippen molar-refractivity contribution in [1.29, 1.82) is 0 Å². The molecule has 5 heteroatoms. The van der Waals surface area contributed by atoms with Gasteiger partial charge in [0.2, 0.25) is 5.95 Å². The molecule has 0 spiro atoms. The molecule has 16 heavy (non-hydrogen) atoms. The van der Waals surface area contributed by atoms with Crippen LogP contribution >= 0.6 is 0 Å². The van der Waals surface area contributed by atoms with Gasteiger partial charge in [0.05, 0.1) is 5.92 Å². The zero-order valence-electron chi connectivity index (χ0n) is 9.18. The molecule has 0 saturated heterocycles. The predicted octanol–water partition coefficient (Wildman–Crippen LogP) is 1.45. The Balaban J connectivity index is 1.94. The van der Waals surface area contributed by atoms with Crippen molar-refractivity contribution in [1.82, 2.24) is 9.97 Å². The summed E-state index contributed by atoms with van der Waals surface area (Å²) >= 11 is 0. The van der Waals surface area contributed by atoms with Crippen LogP contribution in [0.25, 0.3) is 0 Å². The molecule has 1 aliphatic rings. The first-order valence-corrected chi connectivity index (χ1v) is 5.44. The van der Waals surface area contributed by atoms with Crippen molar-refractivity contribution in [2.75, 3.05) is 5.32 Å². The molecule has 1 fully saturated rings. The molecule has 1 aromatic rings. The number of nitrogens with zero attached hydrogens (tertiary/aromatic N) is 2. The molecule has 1 aromatic heterocycles. The van der Waals surface area contributed by atoms with Crippen LogP contribution in [0.5, 0.6) is 0 Å². The molecule has 0 aromatic carbocycles. The number of hydrogen-bond donors (Lipinski definition) is 2. The van der Waals surface area contributed by atoms with E-state index in [1.54, 1.807) is 6.20 Å². The van der Waals surface area contributed by atoms with Crippen molar-refractivity contribution in [2.24, 2.45) is 5.92 Å². The molecule has 86 valence electrons. The van der Waals surface area contributed by atoms with Crippen molar-refractivity contribution in [2.45, 2.75) is 32.2 Å². The van der Waals surface area contributed by atoms with Crippen molar-refractivity contribution >= 4 is 11.9 Å². The lowest BCUT2D eigenvalue weighted by Crippen LogP contribution is -2.19. The summed E-state index contributed by atoms with van der Waals surface area (Å²) in [4.78, 5) is 19.1. The normalized spacial score (nSPS) is 24.3. The number of nitrogens with one attached hydrogen (secondary N) is 1. The van der Waals surface area contributed by atoms with Crippen LogP contribution in [0.2, 0.25) is 0 Å². The largest absolute Gasteiger partial charge is 0.481 e. The number of aliphatic carboxylic acids is 1. The van der Waals surface area contributed by atoms with Crippen LogP contribution in [-0.2, 0) is 4.79 Å². The highest BCUT2D eigenvalue weighted by Crippen LogP contribution is 2.27. The van der Waals surface area contributed by atoms with Crippen LogP contribution in [0.15, 0.2) is 12.3 Å². The van der Waals surface area contributed by atoms with Crippen molar-refractivity contribution in [3.8, 4) is 0 Å². The Morgan fingerprint density at radius 2 is 2.38 bits per heavy atom. The second-order valence-corrected chi connectivity index (χ2v) is 4.21. The number of aromatic nitrogens is 2. The molecule has 1 heterocycles. The molecule has 1 aliphatic carbocycles. The first-order chi connectivity index (χ1) is 7.65. The topological polar surface area (TPSA) is 75.1 Å². The number of rotatable bonds is 3. The number of carbonyl (C=O) groups is 1. The van der Waals surface area contributed by atoms with E-state index in [4.69, 9.17) is 5.11 Å². The molecule has 2 rings (SSSR count). The maximum atomic E-state index is 10.8. The monoisotopic (exact) mass is 221 g/mol. The zero-order chi connectivity index (χ0) is 11.5. The fourth-order valence-electron chi connectivity index (χ4n) is 2.04. The number of aryl methyl sites for hydroxylation is 1. The van der Waals surface area contributed by atoms with Gasteiger partial charge in [-0.05, 0) is 32.3 Å². The Morgan fingerprint density at radius 1 is 1.56 bits per heavy atom.